The summed E-state index contributed by atoms with van der Waals surface area (Å²) in [5, 5.41) is 5.78. The Morgan fingerprint density at radius 2 is 1.83 bits per heavy atom. The number of anilines is 1. The van der Waals surface area contributed by atoms with Crippen molar-refractivity contribution in [3.63, 3.8) is 0 Å². The molecular weight excluding hydrogens is 418 g/mol. The maximum absolute atomic E-state index is 13.0. The minimum Gasteiger partial charge on any atom is -0.497 e. The quantitative estimate of drug-likeness (QED) is 0.484. The molecule has 4 heterocycles. The summed E-state index contributed by atoms with van der Waals surface area (Å²) in [5.74, 6) is 1.73. The molecular formula is C21H19N5O2S2. The Labute approximate surface area is 181 Å². The van der Waals surface area contributed by atoms with Crippen molar-refractivity contribution in [2.75, 3.05) is 38.2 Å². The van der Waals surface area contributed by atoms with E-state index in [0.717, 1.165) is 45.4 Å². The van der Waals surface area contributed by atoms with Crippen LogP contribution in [0, 0.1) is 0 Å². The number of rotatable bonds is 4. The van der Waals surface area contributed by atoms with Gasteiger partial charge in [0.2, 0.25) is 0 Å². The van der Waals surface area contributed by atoms with E-state index in [9.17, 15) is 4.79 Å². The van der Waals surface area contributed by atoms with Crippen LogP contribution in [0.4, 0.5) is 5.82 Å². The fraction of sp³-hybridized carbons (Fsp3) is 0.238. The molecule has 1 fully saturated rings. The van der Waals surface area contributed by atoms with E-state index >= 15 is 0 Å². The number of carbonyl (C=O) groups excluding carboxylic acids is 1. The first kappa shape index (κ1) is 19.0. The van der Waals surface area contributed by atoms with Gasteiger partial charge in [-0.3, -0.25) is 4.79 Å². The first-order valence-corrected chi connectivity index (χ1v) is 11.3. The highest BCUT2D eigenvalue weighted by Gasteiger charge is 2.25. The lowest BCUT2D eigenvalue weighted by atomic mass is 10.2. The Hall–Kier alpha value is -3.04. The number of thiazole rings is 1. The van der Waals surface area contributed by atoms with Gasteiger partial charge in [0.25, 0.3) is 5.91 Å². The van der Waals surface area contributed by atoms with E-state index in [4.69, 9.17) is 4.74 Å². The summed E-state index contributed by atoms with van der Waals surface area (Å²) in [5.41, 5.74) is 1.48. The highest BCUT2D eigenvalue weighted by atomic mass is 32.1. The van der Waals surface area contributed by atoms with Crippen molar-refractivity contribution >= 4 is 44.6 Å². The number of aromatic nitrogens is 3. The smallest absolute Gasteiger partial charge is 0.273 e. The number of piperazine rings is 1. The summed E-state index contributed by atoms with van der Waals surface area (Å²) < 4.78 is 5.20. The lowest BCUT2D eigenvalue weighted by molar-refractivity contribution is 0.0741. The molecule has 1 saturated heterocycles. The first-order valence-electron chi connectivity index (χ1n) is 9.55. The van der Waals surface area contributed by atoms with Crippen LogP contribution in [-0.4, -0.2) is 59.0 Å². The van der Waals surface area contributed by atoms with Gasteiger partial charge in [0.15, 0.2) is 0 Å². The molecule has 0 spiro atoms. The standard InChI is InChI=1S/C21H19N5O2S2/c1-28-15-4-2-14(3-5-15)19-24-17(12-30-19)21(27)26-9-7-25(8-10-26)18-16-6-11-29-20(16)23-13-22-18/h2-6,11-13H,7-10H2,1H3. The second kappa shape index (κ2) is 8.00. The minimum absolute atomic E-state index is 0.0194. The molecule has 0 unspecified atom stereocenters. The number of hydrogen-bond acceptors (Lipinski definition) is 8. The number of benzene rings is 1. The molecule has 0 atom stereocenters. The van der Waals surface area contributed by atoms with Crippen molar-refractivity contribution in [3.05, 3.63) is 53.1 Å². The van der Waals surface area contributed by atoms with Gasteiger partial charge in [-0.05, 0) is 35.7 Å². The van der Waals surface area contributed by atoms with Crippen molar-refractivity contribution < 1.29 is 9.53 Å². The fourth-order valence-corrected chi connectivity index (χ4v) is 5.08. The van der Waals surface area contributed by atoms with Crippen LogP contribution >= 0.6 is 22.7 Å². The van der Waals surface area contributed by atoms with E-state index in [0.29, 0.717) is 18.8 Å². The van der Waals surface area contributed by atoms with Gasteiger partial charge in [0, 0.05) is 37.1 Å². The normalized spacial score (nSPS) is 14.3. The number of fused-ring (bicyclic) bond motifs is 1. The van der Waals surface area contributed by atoms with Crippen LogP contribution in [0.1, 0.15) is 10.5 Å². The summed E-state index contributed by atoms with van der Waals surface area (Å²) >= 11 is 3.10. The number of carbonyl (C=O) groups is 1. The molecule has 0 aliphatic carbocycles. The Kier molecular flexibility index (Phi) is 5.06. The Morgan fingerprint density at radius 1 is 1.03 bits per heavy atom. The van der Waals surface area contributed by atoms with Crippen LogP contribution in [0.3, 0.4) is 0 Å². The van der Waals surface area contributed by atoms with Crippen LogP contribution in [0.15, 0.2) is 47.4 Å². The topological polar surface area (TPSA) is 71.5 Å². The molecule has 7 nitrogen and oxygen atoms in total. The Balaban J connectivity index is 1.27. The van der Waals surface area contributed by atoms with E-state index in [1.165, 1.54) is 11.3 Å². The van der Waals surface area contributed by atoms with Gasteiger partial charge < -0.3 is 14.5 Å². The molecule has 0 bridgehead atoms. The zero-order chi connectivity index (χ0) is 20.5. The molecule has 30 heavy (non-hydrogen) atoms. The predicted molar refractivity (Wildman–Crippen MR) is 120 cm³/mol. The van der Waals surface area contributed by atoms with E-state index in [1.807, 2.05) is 39.9 Å². The SMILES string of the molecule is COc1ccc(-c2nc(C(=O)N3CCN(c4ncnc5sccc45)CC3)cs2)cc1. The number of ether oxygens (including phenoxy) is 1. The van der Waals surface area contributed by atoms with E-state index < -0.39 is 0 Å². The number of amides is 1. The van der Waals surface area contributed by atoms with E-state index in [-0.39, 0.29) is 5.91 Å². The molecule has 1 aromatic carbocycles. The summed E-state index contributed by atoms with van der Waals surface area (Å²) in [6.45, 7) is 2.76. The van der Waals surface area contributed by atoms with Crippen LogP contribution in [-0.2, 0) is 0 Å². The predicted octanol–water partition coefficient (Wildman–Crippen LogP) is 3.79. The van der Waals surface area contributed by atoms with Crippen LogP contribution in [0.5, 0.6) is 5.75 Å². The van der Waals surface area contributed by atoms with E-state index in [2.05, 4.69) is 25.9 Å². The maximum Gasteiger partial charge on any atom is 0.273 e. The highest BCUT2D eigenvalue weighted by Crippen LogP contribution is 2.28. The second-order valence-corrected chi connectivity index (χ2v) is 8.64. The lowest BCUT2D eigenvalue weighted by Gasteiger charge is -2.35. The second-order valence-electron chi connectivity index (χ2n) is 6.88. The van der Waals surface area contributed by atoms with Gasteiger partial charge in [0.05, 0.1) is 12.5 Å². The summed E-state index contributed by atoms with van der Waals surface area (Å²) in [6, 6.07) is 9.77. The van der Waals surface area contributed by atoms with Crippen molar-refractivity contribution in [2.45, 2.75) is 0 Å². The van der Waals surface area contributed by atoms with Crippen LogP contribution in [0.25, 0.3) is 20.8 Å². The van der Waals surface area contributed by atoms with Gasteiger partial charge in [-0.1, -0.05) is 0 Å². The Bertz CT molecular complexity index is 1180. The number of hydrogen-bond donors (Lipinski definition) is 0. The maximum atomic E-state index is 13.0. The zero-order valence-electron chi connectivity index (χ0n) is 16.3. The third kappa shape index (κ3) is 3.50. The monoisotopic (exact) mass is 437 g/mol. The summed E-state index contributed by atoms with van der Waals surface area (Å²) in [4.78, 5) is 31.4. The van der Waals surface area contributed by atoms with E-state index in [1.54, 1.807) is 24.8 Å². The molecule has 1 aliphatic rings. The van der Waals surface area contributed by atoms with Crippen molar-refractivity contribution in [1.29, 1.82) is 0 Å². The highest BCUT2D eigenvalue weighted by molar-refractivity contribution is 7.16. The Morgan fingerprint density at radius 3 is 2.60 bits per heavy atom. The molecule has 0 radical (unpaired) electrons. The average Bonchev–Trinajstić information content (AvgIpc) is 3.48. The third-order valence-electron chi connectivity index (χ3n) is 5.17. The lowest BCUT2D eigenvalue weighted by Crippen LogP contribution is -2.49. The van der Waals surface area contributed by atoms with Gasteiger partial charge in [-0.15, -0.1) is 22.7 Å². The molecule has 1 aliphatic heterocycles. The molecule has 0 saturated carbocycles. The summed E-state index contributed by atoms with van der Waals surface area (Å²) in [7, 11) is 1.64. The molecule has 3 aromatic heterocycles. The van der Waals surface area contributed by atoms with Gasteiger partial charge >= 0.3 is 0 Å². The number of thiophene rings is 1. The van der Waals surface area contributed by atoms with Crippen LogP contribution < -0.4 is 9.64 Å². The minimum atomic E-state index is -0.0194. The van der Waals surface area contributed by atoms with Gasteiger partial charge in [-0.2, -0.15) is 0 Å². The molecule has 1 amide bonds. The molecule has 5 rings (SSSR count). The number of methoxy groups -OCH3 is 1. The molecule has 4 aromatic rings. The largest absolute Gasteiger partial charge is 0.497 e. The average molecular weight is 438 g/mol. The zero-order valence-corrected chi connectivity index (χ0v) is 17.9. The molecule has 0 N–H and O–H groups in total. The fourth-order valence-electron chi connectivity index (χ4n) is 3.55. The van der Waals surface area contributed by atoms with Crippen molar-refractivity contribution in [3.8, 4) is 16.3 Å². The summed E-state index contributed by atoms with van der Waals surface area (Å²) in [6.07, 6.45) is 1.61. The van der Waals surface area contributed by atoms with Crippen molar-refractivity contribution in [2.24, 2.45) is 0 Å². The van der Waals surface area contributed by atoms with Crippen LogP contribution in [0.2, 0.25) is 0 Å². The van der Waals surface area contributed by atoms with Gasteiger partial charge in [0.1, 0.15) is 33.4 Å². The number of nitrogens with zero attached hydrogens (tertiary/aromatic N) is 5. The first-order chi connectivity index (χ1) is 14.7. The van der Waals surface area contributed by atoms with Crippen molar-refractivity contribution in [1.82, 2.24) is 19.9 Å². The molecule has 152 valence electrons. The molecule has 9 heteroatoms. The third-order valence-corrected chi connectivity index (χ3v) is 6.88. The van der Waals surface area contributed by atoms with Gasteiger partial charge in [-0.25, -0.2) is 15.0 Å².